The second-order valence-corrected chi connectivity index (χ2v) is 9.15. The normalized spacial score (nSPS) is 16.8. The predicted molar refractivity (Wildman–Crippen MR) is 131 cm³/mol. The number of hydrogen-bond donors (Lipinski definition) is 2. The van der Waals surface area contributed by atoms with E-state index in [-0.39, 0.29) is 5.91 Å². The van der Waals surface area contributed by atoms with Gasteiger partial charge in [0, 0.05) is 73.7 Å². The van der Waals surface area contributed by atoms with Crippen molar-refractivity contribution in [3.05, 3.63) is 77.6 Å². The Labute approximate surface area is 193 Å². The highest BCUT2D eigenvalue weighted by Gasteiger charge is 2.20. The van der Waals surface area contributed by atoms with Gasteiger partial charge in [-0.25, -0.2) is 4.98 Å². The number of benzene rings is 2. The Balaban J connectivity index is 1.27. The maximum atomic E-state index is 11.9. The summed E-state index contributed by atoms with van der Waals surface area (Å²) >= 11 is 0. The van der Waals surface area contributed by atoms with Gasteiger partial charge in [0.15, 0.2) is 0 Å². The standard InChI is InChI=1S/C27H27N5O/c1-31-8-10-32(11-9-31)17-18-2-4-19(5-3-18)21-13-24-25(16-29-26(24)28-14-21)20-6-7-23-22(12-20)15-30-27(23)33/h2-7,12-14,16H,8-11,15,17H2,1H3,(H,28,29)(H,30,33). The number of hydrogen-bond acceptors (Lipinski definition) is 4. The molecule has 6 heteroatoms. The van der Waals surface area contributed by atoms with E-state index in [4.69, 9.17) is 0 Å². The number of likely N-dealkylation sites (N-methyl/N-ethyl adjacent to an activating group) is 1. The molecule has 0 radical (unpaired) electrons. The average Bonchev–Trinajstić information content (AvgIpc) is 3.44. The van der Waals surface area contributed by atoms with Gasteiger partial charge in [-0.3, -0.25) is 9.69 Å². The van der Waals surface area contributed by atoms with Crippen LogP contribution >= 0.6 is 0 Å². The first-order valence-electron chi connectivity index (χ1n) is 11.5. The van der Waals surface area contributed by atoms with E-state index in [1.807, 2.05) is 24.5 Å². The number of carbonyl (C=O) groups is 1. The fourth-order valence-electron chi connectivity index (χ4n) is 4.87. The van der Waals surface area contributed by atoms with E-state index in [1.165, 1.54) is 11.1 Å². The van der Waals surface area contributed by atoms with Gasteiger partial charge in [-0.1, -0.05) is 30.3 Å². The van der Waals surface area contributed by atoms with Crippen LogP contribution < -0.4 is 5.32 Å². The molecule has 2 aliphatic rings. The maximum Gasteiger partial charge on any atom is 0.251 e. The molecule has 33 heavy (non-hydrogen) atoms. The number of rotatable bonds is 4. The summed E-state index contributed by atoms with van der Waals surface area (Å²) in [5.74, 6) is 0.00972. The molecule has 0 saturated carbocycles. The number of nitrogens with one attached hydrogen (secondary N) is 2. The molecule has 6 nitrogen and oxygen atoms in total. The summed E-state index contributed by atoms with van der Waals surface area (Å²) in [5.41, 5.74) is 8.51. The predicted octanol–water partition coefficient (Wildman–Crippen LogP) is 3.89. The van der Waals surface area contributed by atoms with E-state index in [0.29, 0.717) is 6.54 Å². The van der Waals surface area contributed by atoms with Gasteiger partial charge in [-0.2, -0.15) is 0 Å². The van der Waals surface area contributed by atoms with E-state index < -0.39 is 0 Å². The van der Waals surface area contributed by atoms with Crippen LogP contribution in [0.3, 0.4) is 0 Å². The van der Waals surface area contributed by atoms with Crippen molar-refractivity contribution in [3.63, 3.8) is 0 Å². The molecule has 2 aliphatic heterocycles. The molecule has 4 aromatic rings. The average molecular weight is 438 g/mol. The molecule has 1 amide bonds. The highest BCUT2D eigenvalue weighted by atomic mass is 16.1. The SMILES string of the molecule is CN1CCN(Cc2ccc(-c3cnc4[nH]cc(-c5ccc6c(c5)CNC6=O)c4c3)cc2)CC1. The molecule has 0 bridgehead atoms. The van der Waals surface area contributed by atoms with Gasteiger partial charge in [0.25, 0.3) is 5.91 Å². The Morgan fingerprint density at radius 1 is 0.909 bits per heavy atom. The molecule has 4 heterocycles. The zero-order valence-electron chi connectivity index (χ0n) is 18.8. The molecule has 2 aromatic carbocycles. The van der Waals surface area contributed by atoms with Crippen LogP contribution in [0.5, 0.6) is 0 Å². The van der Waals surface area contributed by atoms with Gasteiger partial charge in [0.1, 0.15) is 5.65 Å². The fraction of sp³-hybridized carbons (Fsp3) is 0.259. The van der Waals surface area contributed by atoms with E-state index in [9.17, 15) is 4.79 Å². The first-order chi connectivity index (χ1) is 16.1. The summed E-state index contributed by atoms with van der Waals surface area (Å²) in [5, 5.41) is 3.98. The van der Waals surface area contributed by atoms with Crippen molar-refractivity contribution in [2.24, 2.45) is 0 Å². The van der Waals surface area contributed by atoms with Gasteiger partial charge in [-0.15, -0.1) is 0 Å². The number of pyridine rings is 1. The third kappa shape index (κ3) is 3.81. The van der Waals surface area contributed by atoms with Crippen LogP contribution in [0.25, 0.3) is 33.3 Å². The van der Waals surface area contributed by atoms with Crippen molar-refractivity contribution >= 4 is 16.9 Å². The summed E-state index contributed by atoms with van der Waals surface area (Å²) in [6.45, 7) is 6.13. The second kappa shape index (κ2) is 8.14. The van der Waals surface area contributed by atoms with Gasteiger partial charge >= 0.3 is 0 Å². The summed E-state index contributed by atoms with van der Waals surface area (Å²) in [4.78, 5) is 24.8. The van der Waals surface area contributed by atoms with E-state index >= 15 is 0 Å². The molecule has 2 N–H and O–H groups in total. The zero-order valence-corrected chi connectivity index (χ0v) is 18.8. The summed E-state index contributed by atoms with van der Waals surface area (Å²) in [6.07, 6.45) is 3.94. The monoisotopic (exact) mass is 437 g/mol. The highest BCUT2D eigenvalue weighted by molar-refractivity contribution is 6.00. The molecule has 1 fully saturated rings. The fourth-order valence-corrected chi connectivity index (χ4v) is 4.87. The largest absolute Gasteiger partial charge is 0.348 e. The lowest BCUT2D eigenvalue weighted by atomic mass is 9.99. The topological polar surface area (TPSA) is 64.3 Å². The molecular weight excluding hydrogens is 410 g/mol. The molecule has 0 spiro atoms. The Kier molecular flexibility index (Phi) is 4.97. The van der Waals surface area contributed by atoms with Crippen LogP contribution in [0.15, 0.2) is 60.9 Å². The lowest BCUT2D eigenvalue weighted by Crippen LogP contribution is -2.43. The Morgan fingerprint density at radius 3 is 2.52 bits per heavy atom. The van der Waals surface area contributed by atoms with Gasteiger partial charge in [0.2, 0.25) is 0 Å². The molecular formula is C27H27N5O. The Hall–Kier alpha value is -3.48. The number of fused-ring (bicyclic) bond motifs is 2. The minimum atomic E-state index is 0.00972. The van der Waals surface area contributed by atoms with Crippen LogP contribution in [0, 0.1) is 0 Å². The van der Waals surface area contributed by atoms with Crippen molar-refractivity contribution in [1.82, 2.24) is 25.1 Å². The quantitative estimate of drug-likeness (QED) is 0.509. The lowest BCUT2D eigenvalue weighted by molar-refractivity contribution is 0.0966. The van der Waals surface area contributed by atoms with E-state index in [1.54, 1.807) is 0 Å². The van der Waals surface area contributed by atoms with Crippen molar-refractivity contribution in [2.75, 3.05) is 33.2 Å². The lowest BCUT2D eigenvalue weighted by Gasteiger charge is -2.32. The van der Waals surface area contributed by atoms with Gasteiger partial charge in [-0.05, 0) is 47.5 Å². The van der Waals surface area contributed by atoms with Crippen LogP contribution in [0.4, 0.5) is 0 Å². The number of nitrogens with zero attached hydrogens (tertiary/aromatic N) is 3. The van der Waals surface area contributed by atoms with Crippen molar-refractivity contribution in [3.8, 4) is 22.3 Å². The first kappa shape index (κ1) is 20.1. The summed E-state index contributed by atoms with van der Waals surface area (Å²) in [6, 6.07) is 17.1. The molecule has 1 saturated heterocycles. The number of aromatic amines is 1. The zero-order chi connectivity index (χ0) is 22.4. The van der Waals surface area contributed by atoms with Gasteiger partial charge < -0.3 is 15.2 Å². The minimum Gasteiger partial charge on any atom is -0.348 e. The number of carbonyl (C=O) groups excluding carboxylic acids is 1. The van der Waals surface area contributed by atoms with Crippen LogP contribution in [-0.4, -0.2) is 58.9 Å². The van der Waals surface area contributed by atoms with Crippen molar-refractivity contribution < 1.29 is 4.79 Å². The molecule has 2 aromatic heterocycles. The number of amides is 1. The van der Waals surface area contributed by atoms with Crippen LogP contribution in [0.2, 0.25) is 0 Å². The number of aromatic nitrogens is 2. The molecule has 0 unspecified atom stereocenters. The summed E-state index contributed by atoms with van der Waals surface area (Å²) < 4.78 is 0. The van der Waals surface area contributed by atoms with Crippen LogP contribution in [-0.2, 0) is 13.1 Å². The third-order valence-corrected chi connectivity index (χ3v) is 6.92. The van der Waals surface area contributed by atoms with Crippen molar-refractivity contribution in [1.29, 1.82) is 0 Å². The minimum absolute atomic E-state index is 0.00972. The number of H-pyrrole nitrogens is 1. The second-order valence-electron chi connectivity index (χ2n) is 9.15. The Bertz CT molecular complexity index is 1330. The number of piperazine rings is 1. The van der Waals surface area contributed by atoms with E-state index in [0.717, 1.165) is 71.6 Å². The summed E-state index contributed by atoms with van der Waals surface area (Å²) in [7, 11) is 2.19. The molecule has 0 aliphatic carbocycles. The molecule has 6 rings (SSSR count). The van der Waals surface area contributed by atoms with Gasteiger partial charge in [0.05, 0.1) is 0 Å². The van der Waals surface area contributed by atoms with Crippen molar-refractivity contribution in [2.45, 2.75) is 13.1 Å². The van der Waals surface area contributed by atoms with Crippen LogP contribution in [0.1, 0.15) is 21.5 Å². The first-order valence-corrected chi connectivity index (χ1v) is 11.5. The molecule has 0 atom stereocenters. The Morgan fingerprint density at radius 2 is 1.70 bits per heavy atom. The smallest absolute Gasteiger partial charge is 0.251 e. The third-order valence-electron chi connectivity index (χ3n) is 6.92. The van der Waals surface area contributed by atoms with E-state index in [2.05, 4.69) is 68.5 Å². The highest BCUT2D eigenvalue weighted by Crippen LogP contribution is 2.33. The molecule has 166 valence electrons. The maximum absolute atomic E-state index is 11.9.